The van der Waals surface area contributed by atoms with Crippen LogP contribution >= 0.6 is 11.6 Å². The molecule has 4 rings (SSSR count). The van der Waals surface area contributed by atoms with Gasteiger partial charge in [-0.25, -0.2) is 8.42 Å². The predicted molar refractivity (Wildman–Crippen MR) is 132 cm³/mol. The van der Waals surface area contributed by atoms with Gasteiger partial charge in [0.1, 0.15) is 0 Å². The van der Waals surface area contributed by atoms with Crippen molar-refractivity contribution in [1.82, 2.24) is 10.2 Å². The van der Waals surface area contributed by atoms with Gasteiger partial charge >= 0.3 is 0 Å². The van der Waals surface area contributed by atoms with Crippen LogP contribution in [-0.4, -0.2) is 50.8 Å². The molecule has 0 aliphatic carbocycles. The number of carbonyl (C=O) groups excluding carboxylic acids is 2. The third kappa shape index (κ3) is 5.28. The quantitative estimate of drug-likeness (QED) is 0.598. The first-order valence-electron chi connectivity index (χ1n) is 11.5. The van der Waals surface area contributed by atoms with Crippen molar-refractivity contribution in [2.75, 3.05) is 23.9 Å². The summed E-state index contributed by atoms with van der Waals surface area (Å²) in [7, 11) is -4.01. The van der Waals surface area contributed by atoms with Crippen molar-refractivity contribution in [3.63, 3.8) is 0 Å². The minimum absolute atomic E-state index is 0.00929. The number of amides is 2. The van der Waals surface area contributed by atoms with Gasteiger partial charge in [0.2, 0.25) is 5.91 Å². The molecule has 2 aromatic carbocycles. The molecule has 0 aromatic heterocycles. The van der Waals surface area contributed by atoms with E-state index in [-0.39, 0.29) is 34.9 Å². The molecular formula is C25H28ClN3O4S. The van der Waals surface area contributed by atoms with Gasteiger partial charge in [-0.2, -0.15) is 0 Å². The Balaban J connectivity index is 1.72. The molecule has 0 unspecified atom stereocenters. The molecule has 0 saturated carbocycles. The highest BCUT2D eigenvalue weighted by molar-refractivity contribution is 7.92. The molecule has 9 heteroatoms. The van der Waals surface area contributed by atoms with Crippen LogP contribution in [0, 0.1) is 0 Å². The summed E-state index contributed by atoms with van der Waals surface area (Å²) in [6, 6.07) is 12.7. The monoisotopic (exact) mass is 501 g/mol. The lowest BCUT2D eigenvalue weighted by atomic mass is 10.0. The van der Waals surface area contributed by atoms with Crippen molar-refractivity contribution in [2.24, 2.45) is 0 Å². The van der Waals surface area contributed by atoms with E-state index in [1.807, 2.05) is 11.0 Å². The van der Waals surface area contributed by atoms with Gasteiger partial charge in [0.25, 0.3) is 15.9 Å². The number of anilines is 1. The molecule has 7 nitrogen and oxygen atoms in total. The zero-order valence-electron chi connectivity index (χ0n) is 18.8. The Labute approximate surface area is 205 Å². The minimum Gasteiger partial charge on any atom is -0.350 e. The second-order valence-electron chi connectivity index (χ2n) is 8.47. The van der Waals surface area contributed by atoms with Crippen LogP contribution in [0.4, 0.5) is 5.69 Å². The van der Waals surface area contributed by atoms with Crippen LogP contribution in [0.25, 0.3) is 0 Å². The highest BCUT2D eigenvalue weighted by Crippen LogP contribution is 2.30. The summed E-state index contributed by atoms with van der Waals surface area (Å²) in [5.74, 6) is -0.320. The molecule has 0 spiro atoms. The molecule has 2 heterocycles. The third-order valence-corrected chi connectivity index (χ3v) is 8.31. The van der Waals surface area contributed by atoms with Gasteiger partial charge < -0.3 is 10.2 Å². The Morgan fingerprint density at radius 3 is 2.65 bits per heavy atom. The van der Waals surface area contributed by atoms with Crippen molar-refractivity contribution in [3.8, 4) is 0 Å². The normalized spacial score (nSPS) is 22.6. The lowest BCUT2D eigenvalue weighted by Gasteiger charge is -2.36. The molecule has 2 bridgehead atoms. The first-order chi connectivity index (χ1) is 16.4. The second-order valence-corrected chi connectivity index (χ2v) is 10.7. The van der Waals surface area contributed by atoms with Gasteiger partial charge in [-0.3, -0.25) is 13.9 Å². The number of allylic oxidation sites excluding steroid dienone is 1. The van der Waals surface area contributed by atoms with Crippen molar-refractivity contribution < 1.29 is 18.0 Å². The predicted octanol–water partition coefficient (Wildman–Crippen LogP) is 4.00. The summed E-state index contributed by atoms with van der Waals surface area (Å²) in [6.45, 7) is 1.07. The molecule has 180 valence electrons. The number of sulfonamides is 1. The Morgan fingerprint density at radius 1 is 1.00 bits per heavy atom. The number of benzene rings is 2. The number of nitrogens with one attached hydrogen (secondary N) is 1. The highest BCUT2D eigenvalue weighted by atomic mass is 35.5. The van der Waals surface area contributed by atoms with Crippen LogP contribution in [0.5, 0.6) is 0 Å². The van der Waals surface area contributed by atoms with Crippen molar-refractivity contribution >= 4 is 39.1 Å². The lowest BCUT2D eigenvalue weighted by Crippen LogP contribution is -2.49. The van der Waals surface area contributed by atoms with Gasteiger partial charge in [0.05, 0.1) is 22.2 Å². The number of para-hydroxylation sites is 1. The number of carbonyl (C=O) groups is 2. The molecule has 0 radical (unpaired) electrons. The van der Waals surface area contributed by atoms with E-state index in [0.29, 0.717) is 36.6 Å². The van der Waals surface area contributed by atoms with Gasteiger partial charge in [0, 0.05) is 31.1 Å². The number of nitrogens with zero attached hydrogens (tertiary/aromatic N) is 2. The van der Waals surface area contributed by atoms with Crippen molar-refractivity contribution in [1.29, 1.82) is 0 Å². The largest absolute Gasteiger partial charge is 0.350 e. The van der Waals surface area contributed by atoms with Gasteiger partial charge in [-0.05, 0) is 56.0 Å². The van der Waals surface area contributed by atoms with E-state index in [4.69, 9.17) is 11.6 Å². The maximum absolute atomic E-state index is 13.6. The number of rotatable bonds is 1. The molecule has 1 fully saturated rings. The van der Waals surface area contributed by atoms with E-state index in [9.17, 15) is 18.0 Å². The summed E-state index contributed by atoms with van der Waals surface area (Å²) in [5, 5.41) is 3.20. The van der Waals surface area contributed by atoms with E-state index >= 15 is 0 Å². The standard InChI is InChI=1S/C25H28ClN3O4S/c26-22-12-3-4-13-23(22)29-16-6-1-2-14-24(30)28-15-7-5-10-20(28)18-27-25(31)19-9-8-11-21(17-19)34(29,32)33/h1,3-4,6,8-9,11-13,17,20H,2,5,7,10,14-16,18H2,(H,27,31)/b6-1-/t20-/m1/s1. The zero-order chi connectivity index (χ0) is 24.1. The van der Waals surface area contributed by atoms with Crippen LogP contribution in [0.3, 0.4) is 0 Å². The summed E-state index contributed by atoms with van der Waals surface area (Å²) >= 11 is 6.35. The summed E-state index contributed by atoms with van der Waals surface area (Å²) in [6.07, 6.45) is 7.21. The van der Waals surface area contributed by atoms with E-state index in [1.54, 1.807) is 42.5 Å². The van der Waals surface area contributed by atoms with Crippen LogP contribution in [0.15, 0.2) is 65.6 Å². The number of piperidine rings is 1. The number of hydrogen-bond acceptors (Lipinski definition) is 4. The second kappa shape index (κ2) is 10.6. The zero-order valence-corrected chi connectivity index (χ0v) is 20.4. The Hall–Kier alpha value is -2.84. The summed E-state index contributed by atoms with van der Waals surface area (Å²) in [5.41, 5.74) is 0.591. The van der Waals surface area contributed by atoms with Crippen molar-refractivity contribution in [3.05, 3.63) is 71.3 Å². The molecule has 2 aliphatic heterocycles. The van der Waals surface area contributed by atoms with Gasteiger partial charge in [-0.1, -0.05) is 42.0 Å². The molecule has 2 amide bonds. The average Bonchev–Trinajstić information content (AvgIpc) is 2.85. The fourth-order valence-corrected chi connectivity index (χ4v) is 6.17. The number of hydrogen-bond donors (Lipinski definition) is 1. The maximum Gasteiger partial charge on any atom is 0.264 e. The topological polar surface area (TPSA) is 86.8 Å². The Morgan fingerprint density at radius 2 is 1.82 bits per heavy atom. The fourth-order valence-electron chi connectivity index (χ4n) is 4.40. The molecule has 1 atom stereocenters. The molecule has 34 heavy (non-hydrogen) atoms. The maximum atomic E-state index is 13.6. The van der Waals surface area contributed by atoms with Crippen molar-refractivity contribution in [2.45, 2.75) is 43.0 Å². The number of halogens is 1. The molecule has 1 saturated heterocycles. The first-order valence-corrected chi connectivity index (χ1v) is 13.3. The SMILES string of the molecule is O=C1NC[C@H]2CCCCN2C(=O)CC/C=C\CN(c2ccccc2Cl)S(=O)(=O)c2cccc1c2. The van der Waals surface area contributed by atoms with Gasteiger partial charge in [-0.15, -0.1) is 0 Å². The van der Waals surface area contributed by atoms with E-state index in [2.05, 4.69) is 5.32 Å². The molecule has 2 aliphatic rings. The summed E-state index contributed by atoms with van der Waals surface area (Å²) < 4.78 is 28.5. The van der Waals surface area contributed by atoms with Crippen LogP contribution in [0.2, 0.25) is 5.02 Å². The van der Waals surface area contributed by atoms with E-state index < -0.39 is 10.0 Å². The van der Waals surface area contributed by atoms with Crippen LogP contribution in [-0.2, 0) is 14.8 Å². The molecule has 1 N–H and O–H groups in total. The average molecular weight is 502 g/mol. The fraction of sp³-hybridized carbons (Fsp3) is 0.360. The van der Waals surface area contributed by atoms with Crippen LogP contribution in [0.1, 0.15) is 42.5 Å². The Kier molecular flexibility index (Phi) is 7.58. The highest BCUT2D eigenvalue weighted by Gasteiger charge is 2.29. The van der Waals surface area contributed by atoms with E-state index in [0.717, 1.165) is 19.3 Å². The smallest absolute Gasteiger partial charge is 0.264 e. The Bertz CT molecular complexity index is 1200. The third-order valence-electron chi connectivity index (χ3n) is 6.21. The van der Waals surface area contributed by atoms with Gasteiger partial charge in [0.15, 0.2) is 0 Å². The van der Waals surface area contributed by atoms with E-state index in [1.165, 1.54) is 16.4 Å². The molecular weight excluding hydrogens is 474 g/mol. The molecule has 2 aromatic rings. The number of fused-ring (bicyclic) bond motifs is 3. The first kappa shape index (κ1) is 24.3. The minimum atomic E-state index is -4.01. The lowest BCUT2D eigenvalue weighted by molar-refractivity contribution is -0.134. The summed E-state index contributed by atoms with van der Waals surface area (Å²) in [4.78, 5) is 27.6. The van der Waals surface area contributed by atoms with Crippen LogP contribution < -0.4 is 9.62 Å².